The van der Waals surface area contributed by atoms with Gasteiger partial charge in [-0.25, -0.2) is 0 Å². The molecule has 2 atom stereocenters. The summed E-state index contributed by atoms with van der Waals surface area (Å²) in [6.07, 6.45) is 4.08. The molecule has 102 valence electrons. The monoisotopic (exact) mass is 255 g/mol. The number of hydrogen-bond acceptors (Lipinski definition) is 3. The van der Waals surface area contributed by atoms with Gasteiger partial charge in [0.25, 0.3) is 0 Å². The maximum atomic E-state index is 12.4. The van der Waals surface area contributed by atoms with Gasteiger partial charge in [-0.1, -0.05) is 12.8 Å². The summed E-state index contributed by atoms with van der Waals surface area (Å²) in [4.78, 5) is 25.4. The van der Waals surface area contributed by atoms with Gasteiger partial charge in [-0.3, -0.25) is 9.59 Å². The van der Waals surface area contributed by atoms with E-state index in [1.165, 1.54) is 0 Å². The van der Waals surface area contributed by atoms with E-state index in [4.69, 9.17) is 4.74 Å². The fraction of sp³-hybridized carbons (Fsp3) is 0.846. The molecule has 0 radical (unpaired) electrons. The van der Waals surface area contributed by atoms with Gasteiger partial charge < -0.3 is 14.7 Å². The normalized spacial score (nSPS) is 29.7. The zero-order chi connectivity index (χ0) is 13.0. The molecule has 2 aliphatic rings. The Kier molecular flexibility index (Phi) is 4.58. The van der Waals surface area contributed by atoms with Crippen molar-refractivity contribution in [3.63, 3.8) is 0 Å². The number of carboxylic acids is 1. The quantitative estimate of drug-likeness (QED) is 0.803. The van der Waals surface area contributed by atoms with Crippen molar-refractivity contribution in [2.45, 2.75) is 32.1 Å². The van der Waals surface area contributed by atoms with Crippen LogP contribution in [-0.4, -0.2) is 48.2 Å². The van der Waals surface area contributed by atoms with Crippen LogP contribution in [0.3, 0.4) is 0 Å². The van der Waals surface area contributed by atoms with Gasteiger partial charge in [-0.05, 0) is 19.3 Å². The van der Waals surface area contributed by atoms with E-state index in [9.17, 15) is 14.7 Å². The SMILES string of the molecule is O=C(O)C1CCCCC1C(=O)N1CCCOCC1. The van der Waals surface area contributed by atoms with E-state index in [0.29, 0.717) is 39.1 Å². The Morgan fingerprint density at radius 2 is 1.72 bits per heavy atom. The summed E-state index contributed by atoms with van der Waals surface area (Å²) in [6, 6.07) is 0. The number of hydrogen-bond donors (Lipinski definition) is 1. The Morgan fingerprint density at radius 3 is 2.44 bits per heavy atom. The first-order valence-electron chi connectivity index (χ1n) is 6.79. The van der Waals surface area contributed by atoms with Crippen molar-refractivity contribution in [1.29, 1.82) is 0 Å². The highest BCUT2D eigenvalue weighted by Gasteiger charge is 2.37. The molecule has 0 aromatic rings. The van der Waals surface area contributed by atoms with Crippen molar-refractivity contribution in [2.24, 2.45) is 11.8 Å². The average molecular weight is 255 g/mol. The Bertz CT molecular complexity index is 310. The predicted molar refractivity (Wildman–Crippen MR) is 65.1 cm³/mol. The van der Waals surface area contributed by atoms with Crippen molar-refractivity contribution in [1.82, 2.24) is 4.90 Å². The summed E-state index contributed by atoms with van der Waals surface area (Å²) in [5, 5.41) is 9.22. The van der Waals surface area contributed by atoms with Gasteiger partial charge in [-0.15, -0.1) is 0 Å². The van der Waals surface area contributed by atoms with E-state index in [1.54, 1.807) is 4.90 Å². The van der Waals surface area contributed by atoms with Gasteiger partial charge >= 0.3 is 5.97 Å². The molecule has 2 fully saturated rings. The number of rotatable bonds is 2. The second-order valence-electron chi connectivity index (χ2n) is 5.13. The van der Waals surface area contributed by atoms with Gasteiger partial charge in [0, 0.05) is 19.7 Å². The Labute approximate surface area is 107 Å². The van der Waals surface area contributed by atoms with E-state index in [2.05, 4.69) is 0 Å². The van der Waals surface area contributed by atoms with Crippen LogP contribution in [-0.2, 0) is 14.3 Å². The first-order chi connectivity index (χ1) is 8.70. The topological polar surface area (TPSA) is 66.8 Å². The molecule has 1 saturated heterocycles. The Balaban J connectivity index is 2.02. The third-order valence-corrected chi connectivity index (χ3v) is 3.93. The Hall–Kier alpha value is -1.10. The van der Waals surface area contributed by atoms with Crippen LogP contribution in [0, 0.1) is 11.8 Å². The molecular formula is C13H21NO4. The van der Waals surface area contributed by atoms with Gasteiger partial charge in [0.05, 0.1) is 18.4 Å². The molecule has 1 amide bonds. The van der Waals surface area contributed by atoms with Crippen LogP contribution < -0.4 is 0 Å². The lowest BCUT2D eigenvalue weighted by Gasteiger charge is -2.32. The molecule has 1 heterocycles. The largest absolute Gasteiger partial charge is 0.481 e. The molecule has 5 heteroatoms. The third-order valence-electron chi connectivity index (χ3n) is 3.93. The first-order valence-corrected chi connectivity index (χ1v) is 6.79. The van der Waals surface area contributed by atoms with E-state index < -0.39 is 11.9 Å². The second-order valence-corrected chi connectivity index (χ2v) is 5.13. The second kappa shape index (κ2) is 6.18. The zero-order valence-corrected chi connectivity index (χ0v) is 10.6. The summed E-state index contributed by atoms with van der Waals surface area (Å²) in [6.45, 7) is 2.55. The summed E-state index contributed by atoms with van der Waals surface area (Å²) >= 11 is 0. The minimum atomic E-state index is -0.820. The third kappa shape index (κ3) is 3.02. The van der Waals surface area contributed by atoms with Crippen molar-refractivity contribution in [3.05, 3.63) is 0 Å². The lowest BCUT2D eigenvalue weighted by atomic mass is 9.78. The number of carboxylic acid groups (broad SMARTS) is 1. The zero-order valence-electron chi connectivity index (χ0n) is 10.6. The van der Waals surface area contributed by atoms with Crippen molar-refractivity contribution in [2.75, 3.05) is 26.3 Å². The smallest absolute Gasteiger partial charge is 0.307 e. The number of carbonyl (C=O) groups excluding carboxylic acids is 1. The minimum Gasteiger partial charge on any atom is -0.481 e. The van der Waals surface area contributed by atoms with E-state index in [-0.39, 0.29) is 11.8 Å². The lowest BCUT2D eigenvalue weighted by molar-refractivity contribution is -0.152. The van der Waals surface area contributed by atoms with E-state index in [1.807, 2.05) is 0 Å². The number of amides is 1. The summed E-state index contributed by atoms with van der Waals surface area (Å²) < 4.78 is 5.33. The number of nitrogens with zero attached hydrogens (tertiary/aromatic N) is 1. The van der Waals surface area contributed by atoms with E-state index in [0.717, 1.165) is 19.3 Å². The van der Waals surface area contributed by atoms with Gasteiger partial charge in [0.15, 0.2) is 0 Å². The highest BCUT2D eigenvalue weighted by Crippen LogP contribution is 2.31. The summed E-state index contributed by atoms with van der Waals surface area (Å²) in [5.74, 6) is -1.61. The van der Waals surface area contributed by atoms with Crippen LogP contribution in [0.2, 0.25) is 0 Å². The maximum Gasteiger partial charge on any atom is 0.307 e. The minimum absolute atomic E-state index is 0.0209. The molecule has 1 aliphatic heterocycles. The van der Waals surface area contributed by atoms with Crippen LogP contribution in [0.1, 0.15) is 32.1 Å². The highest BCUT2D eigenvalue weighted by atomic mass is 16.5. The van der Waals surface area contributed by atoms with Gasteiger partial charge in [0.2, 0.25) is 5.91 Å². The van der Waals surface area contributed by atoms with Crippen LogP contribution in [0.5, 0.6) is 0 Å². The molecule has 18 heavy (non-hydrogen) atoms. The number of carbonyl (C=O) groups is 2. The Morgan fingerprint density at radius 1 is 1.00 bits per heavy atom. The number of aliphatic carboxylic acids is 1. The molecule has 2 unspecified atom stereocenters. The standard InChI is InChI=1S/C13H21NO4/c15-12(14-6-3-8-18-9-7-14)10-4-1-2-5-11(10)13(16)17/h10-11H,1-9H2,(H,16,17). The van der Waals surface area contributed by atoms with Crippen LogP contribution in [0.15, 0.2) is 0 Å². The summed E-state index contributed by atoms with van der Waals surface area (Å²) in [5.41, 5.74) is 0. The van der Waals surface area contributed by atoms with E-state index >= 15 is 0 Å². The molecule has 2 rings (SSSR count). The first kappa shape index (κ1) is 13.3. The number of ether oxygens (including phenoxy) is 1. The molecule has 0 spiro atoms. The average Bonchev–Trinajstić information content (AvgIpc) is 2.66. The van der Waals surface area contributed by atoms with Gasteiger partial charge in [0.1, 0.15) is 0 Å². The summed E-state index contributed by atoms with van der Waals surface area (Å²) in [7, 11) is 0. The fourth-order valence-electron chi connectivity index (χ4n) is 2.92. The van der Waals surface area contributed by atoms with Crippen LogP contribution in [0.25, 0.3) is 0 Å². The highest BCUT2D eigenvalue weighted by molar-refractivity contribution is 5.85. The van der Waals surface area contributed by atoms with Crippen LogP contribution >= 0.6 is 0 Å². The van der Waals surface area contributed by atoms with Gasteiger partial charge in [-0.2, -0.15) is 0 Å². The molecular weight excluding hydrogens is 234 g/mol. The molecule has 1 aliphatic carbocycles. The molecule has 1 N–H and O–H groups in total. The maximum absolute atomic E-state index is 12.4. The lowest BCUT2D eigenvalue weighted by Crippen LogP contribution is -2.43. The fourth-order valence-corrected chi connectivity index (χ4v) is 2.92. The molecule has 1 saturated carbocycles. The predicted octanol–water partition coefficient (Wildman–Crippen LogP) is 1.13. The molecule has 5 nitrogen and oxygen atoms in total. The van der Waals surface area contributed by atoms with Crippen LogP contribution in [0.4, 0.5) is 0 Å². The van der Waals surface area contributed by atoms with Crippen molar-refractivity contribution >= 4 is 11.9 Å². The molecule has 0 bridgehead atoms. The van der Waals surface area contributed by atoms with Crippen molar-refractivity contribution < 1.29 is 19.4 Å². The molecule has 0 aromatic carbocycles. The van der Waals surface area contributed by atoms with Crippen molar-refractivity contribution in [3.8, 4) is 0 Å². The molecule has 0 aromatic heterocycles.